The number of hydrogen-bond acceptors (Lipinski definition) is 4. The Bertz CT molecular complexity index is 716. The number of amides is 1. The molecule has 0 spiro atoms. The molecule has 0 bridgehead atoms. The van der Waals surface area contributed by atoms with Crippen LogP contribution < -0.4 is 20.1 Å². The van der Waals surface area contributed by atoms with Crippen LogP contribution in [0.5, 0.6) is 11.5 Å². The molecule has 0 heterocycles. The summed E-state index contributed by atoms with van der Waals surface area (Å²) in [7, 11) is 0. The number of rotatable bonds is 11. The Hall–Kier alpha value is -2.95. The molecule has 0 aliphatic carbocycles. The van der Waals surface area contributed by atoms with Crippen LogP contribution in [0.1, 0.15) is 19.8 Å². The molecule has 0 fully saturated rings. The summed E-state index contributed by atoms with van der Waals surface area (Å²) in [5.41, 5.74) is 1.48. The van der Waals surface area contributed by atoms with Crippen molar-refractivity contribution >= 4 is 17.3 Å². The summed E-state index contributed by atoms with van der Waals surface area (Å²) in [5.74, 6) is 1.26. The lowest BCUT2D eigenvalue weighted by Crippen LogP contribution is -2.22. The first-order valence-electron chi connectivity index (χ1n) is 8.82. The molecule has 2 N–H and O–H groups in total. The maximum absolute atomic E-state index is 12.2. The second-order valence-electron chi connectivity index (χ2n) is 5.73. The van der Waals surface area contributed by atoms with E-state index in [0.29, 0.717) is 24.7 Å². The molecular formula is C21H26N2O3. The standard InChI is InChI=1S/C21H26N2O3/c1-3-5-14-25-18-10-8-9-17(15-18)22-16-21(24)23-19-11-6-7-12-20(19)26-13-4-2/h4,6-12,15,22H,2-3,5,13-14,16H2,1H3,(H,23,24). The summed E-state index contributed by atoms with van der Waals surface area (Å²) < 4.78 is 11.2. The van der Waals surface area contributed by atoms with Gasteiger partial charge >= 0.3 is 0 Å². The highest BCUT2D eigenvalue weighted by atomic mass is 16.5. The van der Waals surface area contributed by atoms with Gasteiger partial charge in [-0.2, -0.15) is 0 Å². The summed E-state index contributed by atoms with van der Waals surface area (Å²) >= 11 is 0. The van der Waals surface area contributed by atoms with Crippen LogP contribution in [0.15, 0.2) is 61.2 Å². The van der Waals surface area contributed by atoms with Gasteiger partial charge in [0.2, 0.25) is 5.91 Å². The average Bonchev–Trinajstić information content (AvgIpc) is 2.66. The topological polar surface area (TPSA) is 59.6 Å². The van der Waals surface area contributed by atoms with Crippen molar-refractivity contribution in [2.45, 2.75) is 19.8 Å². The van der Waals surface area contributed by atoms with Crippen LogP contribution >= 0.6 is 0 Å². The smallest absolute Gasteiger partial charge is 0.243 e. The quantitative estimate of drug-likeness (QED) is 0.461. The number of ether oxygens (including phenoxy) is 2. The van der Waals surface area contributed by atoms with Gasteiger partial charge in [-0.3, -0.25) is 4.79 Å². The highest BCUT2D eigenvalue weighted by Crippen LogP contribution is 2.23. The molecule has 26 heavy (non-hydrogen) atoms. The number of carbonyl (C=O) groups excluding carboxylic acids is 1. The van der Waals surface area contributed by atoms with E-state index in [1.54, 1.807) is 12.1 Å². The van der Waals surface area contributed by atoms with Gasteiger partial charge in [-0.1, -0.05) is 44.2 Å². The molecule has 0 aliphatic heterocycles. The number of hydrogen-bond donors (Lipinski definition) is 2. The molecule has 0 unspecified atom stereocenters. The number of carbonyl (C=O) groups is 1. The van der Waals surface area contributed by atoms with Crippen molar-refractivity contribution in [3.8, 4) is 11.5 Å². The summed E-state index contributed by atoms with van der Waals surface area (Å²) in [6.07, 6.45) is 3.78. The predicted molar refractivity (Wildman–Crippen MR) is 106 cm³/mol. The van der Waals surface area contributed by atoms with Crippen LogP contribution in [-0.2, 0) is 4.79 Å². The molecule has 0 atom stereocenters. The zero-order valence-electron chi connectivity index (χ0n) is 15.2. The molecule has 2 rings (SSSR count). The second-order valence-corrected chi connectivity index (χ2v) is 5.73. The Labute approximate surface area is 155 Å². The fraction of sp³-hybridized carbons (Fsp3) is 0.286. The third kappa shape index (κ3) is 6.51. The highest BCUT2D eigenvalue weighted by Gasteiger charge is 2.07. The lowest BCUT2D eigenvalue weighted by molar-refractivity contribution is -0.114. The van der Waals surface area contributed by atoms with E-state index in [-0.39, 0.29) is 12.5 Å². The van der Waals surface area contributed by atoms with Crippen molar-refractivity contribution in [2.75, 3.05) is 30.4 Å². The molecule has 0 saturated carbocycles. The maximum Gasteiger partial charge on any atom is 0.243 e. The minimum Gasteiger partial charge on any atom is -0.494 e. The van der Waals surface area contributed by atoms with Crippen LogP contribution in [0, 0.1) is 0 Å². The van der Waals surface area contributed by atoms with Crippen molar-refractivity contribution in [2.24, 2.45) is 0 Å². The molecular weight excluding hydrogens is 328 g/mol. The van der Waals surface area contributed by atoms with E-state index in [1.165, 1.54) is 0 Å². The minimum absolute atomic E-state index is 0.147. The number of benzene rings is 2. The molecule has 0 aromatic heterocycles. The van der Waals surface area contributed by atoms with E-state index >= 15 is 0 Å². The lowest BCUT2D eigenvalue weighted by Gasteiger charge is -2.12. The van der Waals surface area contributed by atoms with Gasteiger partial charge in [0.05, 0.1) is 18.8 Å². The summed E-state index contributed by atoms with van der Waals surface area (Å²) in [4.78, 5) is 12.2. The fourth-order valence-corrected chi connectivity index (χ4v) is 2.25. The molecule has 0 radical (unpaired) electrons. The first-order chi connectivity index (χ1) is 12.7. The lowest BCUT2D eigenvalue weighted by atomic mass is 10.2. The zero-order chi connectivity index (χ0) is 18.6. The highest BCUT2D eigenvalue weighted by molar-refractivity contribution is 5.95. The molecule has 2 aromatic rings. The van der Waals surface area contributed by atoms with Crippen LogP contribution in [-0.4, -0.2) is 25.7 Å². The average molecular weight is 354 g/mol. The molecule has 2 aromatic carbocycles. The van der Waals surface area contributed by atoms with Crippen LogP contribution in [0.2, 0.25) is 0 Å². The van der Waals surface area contributed by atoms with Crippen LogP contribution in [0.25, 0.3) is 0 Å². The van der Waals surface area contributed by atoms with Crippen molar-refractivity contribution in [1.82, 2.24) is 0 Å². The van der Waals surface area contributed by atoms with Crippen LogP contribution in [0.4, 0.5) is 11.4 Å². The largest absolute Gasteiger partial charge is 0.494 e. The number of nitrogens with one attached hydrogen (secondary N) is 2. The molecule has 1 amide bonds. The Morgan fingerprint density at radius 2 is 2.00 bits per heavy atom. The van der Waals surface area contributed by atoms with Crippen molar-refractivity contribution in [3.63, 3.8) is 0 Å². The van der Waals surface area contributed by atoms with E-state index in [9.17, 15) is 4.79 Å². The fourth-order valence-electron chi connectivity index (χ4n) is 2.25. The van der Waals surface area contributed by atoms with Gasteiger partial charge in [0.1, 0.15) is 18.1 Å². The third-order valence-electron chi connectivity index (χ3n) is 3.57. The monoisotopic (exact) mass is 354 g/mol. The van der Waals surface area contributed by atoms with Gasteiger partial charge in [-0.15, -0.1) is 0 Å². The van der Waals surface area contributed by atoms with E-state index in [1.807, 2.05) is 42.5 Å². The Kier molecular flexibility index (Phi) is 8.06. The van der Waals surface area contributed by atoms with Crippen molar-refractivity contribution < 1.29 is 14.3 Å². The first-order valence-corrected chi connectivity index (χ1v) is 8.82. The van der Waals surface area contributed by atoms with E-state index in [0.717, 1.165) is 24.3 Å². The van der Waals surface area contributed by atoms with Gasteiger partial charge in [0.15, 0.2) is 0 Å². The van der Waals surface area contributed by atoms with Gasteiger partial charge < -0.3 is 20.1 Å². The first kappa shape index (κ1) is 19.4. The SMILES string of the molecule is C=CCOc1ccccc1NC(=O)CNc1cccc(OCCCC)c1. The summed E-state index contributed by atoms with van der Waals surface area (Å²) in [6, 6.07) is 14.9. The van der Waals surface area contributed by atoms with Gasteiger partial charge in [0.25, 0.3) is 0 Å². The van der Waals surface area contributed by atoms with Crippen LogP contribution in [0.3, 0.4) is 0 Å². The maximum atomic E-state index is 12.2. The Morgan fingerprint density at radius 1 is 1.15 bits per heavy atom. The molecule has 5 nitrogen and oxygen atoms in total. The molecule has 0 saturated heterocycles. The van der Waals surface area contributed by atoms with Crippen molar-refractivity contribution in [3.05, 3.63) is 61.2 Å². The second kappa shape index (κ2) is 10.8. The molecule has 0 aliphatic rings. The number of para-hydroxylation sites is 2. The third-order valence-corrected chi connectivity index (χ3v) is 3.57. The van der Waals surface area contributed by atoms with Crippen molar-refractivity contribution in [1.29, 1.82) is 0 Å². The summed E-state index contributed by atoms with van der Waals surface area (Å²) in [6.45, 7) is 6.98. The van der Waals surface area contributed by atoms with E-state index < -0.39 is 0 Å². The minimum atomic E-state index is -0.156. The Balaban J connectivity index is 1.87. The van der Waals surface area contributed by atoms with E-state index in [2.05, 4.69) is 24.1 Å². The normalized spacial score (nSPS) is 10.0. The Morgan fingerprint density at radius 3 is 2.81 bits per heavy atom. The zero-order valence-corrected chi connectivity index (χ0v) is 15.2. The number of unbranched alkanes of at least 4 members (excludes halogenated alkanes) is 1. The predicted octanol–water partition coefficient (Wildman–Crippen LogP) is 4.48. The number of anilines is 2. The van der Waals surface area contributed by atoms with Gasteiger partial charge in [0, 0.05) is 11.8 Å². The molecule has 138 valence electrons. The molecule has 5 heteroatoms. The summed E-state index contributed by atoms with van der Waals surface area (Å²) in [5, 5.41) is 5.96. The van der Waals surface area contributed by atoms with Gasteiger partial charge in [-0.25, -0.2) is 0 Å². The van der Waals surface area contributed by atoms with E-state index in [4.69, 9.17) is 9.47 Å². The van der Waals surface area contributed by atoms with Gasteiger partial charge in [-0.05, 0) is 30.7 Å².